The van der Waals surface area contributed by atoms with E-state index in [1.807, 2.05) is 0 Å². The highest BCUT2D eigenvalue weighted by Crippen LogP contribution is 2.22. The van der Waals surface area contributed by atoms with Crippen molar-refractivity contribution in [2.45, 2.75) is 31.2 Å². The van der Waals surface area contributed by atoms with Crippen LogP contribution in [-0.2, 0) is 19.1 Å². The van der Waals surface area contributed by atoms with Crippen molar-refractivity contribution in [2.24, 2.45) is 0 Å². The fourth-order valence-electron chi connectivity index (χ4n) is 2.04. The number of hydrogen-bond acceptors (Lipinski definition) is 4. The molecule has 108 valence electrons. The minimum absolute atomic E-state index is 0.105. The zero-order valence-electron chi connectivity index (χ0n) is 11.0. The van der Waals surface area contributed by atoms with Crippen LogP contribution in [0.15, 0.2) is 12.7 Å². The van der Waals surface area contributed by atoms with Crippen molar-refractivity contribution >= 4 is 11.9 Å². The maximum atomic E-state index is 11.8. The Kier molecular flexibility index (Phi) is 6.52. The van der Waals surface area contributed by atoms with E-state index in [9.17, 15) is 9.59 Å². The first-order chi connectivity index (χ1) is 9.08. The molecule has 1 amide bonds. The molecule has 0 aromatic rings. The number of carboxylic acid groups (broad SMARTS) is 1. The van der Waals surface area contributed by atoms with Gasteiger partial charge in [0.15, 0.2) is 0 Å². The standard InChI is InChI=1S/C13H21NO5/c1-2-6-18-7-3-4-11(15)14-13(9-12(16)17)5-8-19-10-13/h2H,1,3-10H2,(H,14,15)(H,16,17). The Hall–Kier alpha value is -1.40. The summed E-state index contributed by atoms with van der Waals surface area (Å²) in [6.45, 7) is 5.23. The van der Waals surface area contributed by atoms with Gasteiger partial charge in [-0.2, -0.15) is 0 Å². The number of carboxylic acids is 1. The lowest BCUT2D eigenvalue weighted by molar-refractivity contribution is -0.139. The molecule has 6 nitrogen and oxygen atoms in total. The zero-order valence-corrected chi connectivity index (χ0v) is 11.0. The Morgan fingerprint density at radius 2 is 2.32 bits per heavy atom. The molecule has 1 aliphatic rings. The molecule has 1 fully saturated rings. The highest BCUT2D eigenvalue weighted by molar-refractivity contribution is 5.78. The van der Waals surface area contributed by atoms with Crippen molar-refractivity contribution in [1.82, 2.24) is 5.32 Å². The number of rotatable bonds is 9. The third kappa shape index (κ3) is 5.85. The van der Waals surface area contributed by atoms with Crippen LogP contribution in [0.3, 0.4) is 0 Å². The summed E-state index contributed by atoms with van der Waals surface area (Å²) in [5.74, 6) is -1.09. The van der Waals surface area contributed by atoms with Gasteiger partial charge in [0.05, 0.1) is 25.2 Å². The third-order valence-corrected chi connectivity index (χ3v) is 2.93. The Bertz CT molecular complexity index is 323. The van der Waals surface area contributed by atoms with Crippen LogP contribution in [0.25, 0.3) is 0 Å². The summed E-state index contributed by atoms with van der Waals surface area (Å²) in [5, 5.41) is 11.7. The quantitative estimate of drug-likeness (QED) is 0.477. The first-order valence-corrected chi connectivity index (χ1v) is 6.37. The lowest BCUT2D eigenvalue weighted by Crippen LogP contribution is -2.50. The van der Waals surface area contributed by atoms with Gasteiger partial charge < -0.3 is 19.9 Å². The van der Waals surface area contributed by atoms with Gasteiger partial charge in [0.2, 0.25) is 5.91 Å². The summed E-state index contributed by atoms with van der Waals surface area (Å²) in [6, 6.07) is 0. The minimum Gasteiger partial charge on any atom is -0.481 e. The van der Waals surface area contributed by atoms with E-state index in [-0.39, 0.29) is 18.9 Å². The van der Waals surface area contributed by atoms with Crippen LogP contribution in [0.4, 0.5) is 0 Å². The molecule has 0 saturated carbocycles. The van der Waals surface area contributed by atoms with Crippen molar-refractivity contribution in [3.8, 4) is 0 Å². The van der Waals surface area contributed by atoms with Gasteiger partial charge in [-0.25, -0.2) is 0 Å². The van der Waals surface area contributed by atoms with Crippen LogP contribution in [0, 0.1) is 0 Å². The van der Waals surface area contributed by atoms with Gasteiger partial charge in [0, 0.05) is 19.6 Å². The average molecular weight is 271 g/mol. The number of hydrogen-bond donors (Lipinski definition) is 2. The summed E-state index contributed by atoms with van der Waals surface area (Å²) >= 11 is 0. The number of ether oxygens (including phenoxy) is 2. The highest BCUT2D eigenvalue weighted by Gasteiger charge is 2.38. The number of nitrogens with one attached hydrogen (secondary N) is 1. The number of aliphatic carboxylic acids is 1. The average Bonchev–Trinajstić information content (AvgIpc) is 2.76. The molecule has 1 heterocycles. The Morgan fingerprint density at radius 1 is 1.53 bits per heavy atom. The number of carbonyl (C=O) groups excluding carboxylic acids is 1. The lowest BCUT2D eigenvalue weighted by Gasteiger charge is -2.27. The molecule has 0 bridgehead atoms. The molecule has 0 spiro atoms. The van der Waals surface area contributed by atoms with Gasteiger partial charge in [-0.1, -0.05) is 6.08 Å². The topological polar surface area (TPSA) is 84.9 Å². The van der Waals surface area contributed by atoms with E-state index in [4.69, 9.17) is 14.6 Å². The largest absolute Gasteiger partial charge is 0.481 e. The first kappa shape index (κ1) is 15.7. The van der Waals surface area contributed by atoms with E-state index >= 15 is 0 Å². The summed E-state index contributed by atoms with van der Waals surface area (Å²) in [7, 11) is 0. The van der Waals surface area contributed by atoms with Gasteiger partial charge in [0.25, 0.3) is 0 Å². The number of amides is 1. The predicted octanol–water partition coefficient (Wildman–Crippen LogP) is 0.719. The normalized spacial score (nSPS) is 22.1. The smallest absolute Gasteiger partial charge is 0.305 e. The van der Waals surface area contributed by atoms with Gasteiger partial charge in [-0.05, 0) is 12.8 Å². The van der Waals surface area contributed by atoms with Crippen LogP contribution in [-0.4, -0.2) is 48.9 Å². The monoisotopic (exact) mass is 271 g/mol. The predicted molar refractivity (Wildman–Crippen MR) is 68.8 cm³/mol. The summed E-state index contributed by atoms with van der Waals surface area (Å²) < 4.78 is 10.4. The van der Waals surface area contributed by atoms with Crippen LogP contribution < -0.4 is 5.32 Å². The molecule has 0 aromatic heterocycles. The Morgan fingerprint density at radius 3 is 2.89 bits per heavy atom. The molecule has 1 saturated heterocycles. The van der Waals surface area contributed by atoms with Gasteiger partial charge in [-0.3, -0.25) is 9.59 Å². The van der Waals surface area contributed by atoms with Crippen molar-refractivity contribution in [3.63, 3.8) is 0 Å². The Balaban J connectivity index is 2.31. The molecule has 6 heteroatoms. The lowest BCUT2D eigenvalue weighted by atomic mass is 9.94. The van der Waals surface area contributed by atoms with Crippen molar-refractivity contribution in [2.75, 3.05) is 26.4 Å². The molecule has 1 atom stereocenters. The third-order valence-electron chi connectivity index (χ3n) is 2.93. The maximum Gasteiger partial charge on any atom is 0.305 e. The molecule has 1 rings (SSSR count). The van der Waals surface area contributed by atoms with E-state index in [1.54, 1.807) is 6.08 Å². The molecule has 1 unspecified atom stereocenters. The van der Waals surface area contributed by atoms with Crippen LogP contribution in [0.5, 0.6) is 0 Å². The molecule has 0 aromatic carbocycles. The molecular formula is C13H21NO5. The van der Waals surface area contributed by atoms with E-state index in [2.05, 4.69) is 11.9 Å². The van der Waals surface area contributed by atoms with Gasteiger partial charge in [0.1, 0.15) is 0 Å². The summed E-state index contributed by atoms with van der Waals surface area (Å²) in [6.07, 6.45) is 3.00. The SMILES string of the molecule is C=CCOCCCC(=O)NC1(CC(=O)O)CCOC1. The Labute approximate surface area is 112 Å². The van der Waals surface area contributed by atoms with Crippen molar-refractivity contribution < 1.29 is 24.2 Å². The van der Waals surface area contributed by atoms with E-state index in [0.717, 1.165) is 0 Å². The number of carbonyl (C=O) groups is 2. The van der Waals surface area contributed by atoms with Crippen LogP contribution >= 0.6 is 0 Å². The molecule has 19 heavy (non-hydrogen) atoms. The van der Waals surface area contributed by atoms with E-state index < -0.39 is 11.5 Å². The fraction of sp³-hybridized carbons (Fsp3) is 0.692. The summed E-state index contributed by atoms with van der Waals surface area (Å²) in [5.41, 5.74) is -0.745. The molecule has 0 aliphatic carbocycles. The molecule has 2 N–H and O–H groups in total. The van der Waals surface area contributed by atoms with Crippen LogP contribution in [0.2, 0.25) is 0 Å². The second kappa shape index (κ2) is 7.91. The molecular weight excluding hydrogens is 250 g/mol. The minimum atomic E-state index is -0.930. The summed E-state index contributed by atoms with van der Waals surface area (Å²) in [4.78, 5) is 22.6. The van der Waals surface area contributed by atoms with Gasteiger partial charge >= 0.3 is 5.97 Å². The maximum absolute atomic E-state index is 11.8. The second-order valence-corrected chi connectivity index (χ2v) is 4.67. The highest BCUT2D eigenvalue weighted by atomic mass is 16.5. The van der Waals surface area contributed by atoms with Gasteiger partial charge in [-0.15, -0.1) is 6.58 Å². The first-order valence-electron chi connectivity index (χ1n) is 6.37. The molecule has 1 aliphatic heterocycles. The van der Waals surface area contributed by atoms with E-state index in [1.165, 1.54) is 0 Å². The fourth-order valence-corrected chi connectivity index (χ4v) is 2.04. The van der Waals surface area contributed by atoms with Crippen molar-refractivity contribution in [1.29, 1.82) is 0 Å². The van der Waals surface area contributed by atoms with Crippen LogP contribution in [0.1, 0.15) is 25.7 Å². The molecule has 0 radical (unpaired) electrons. The van der Waals surface area contributed by atoms with Crippen molar-refractivity contribution in [3.05, 3.63) is 12.7 Å². The van der Waals surface area contributed by atoms with E-state index in [0.29, 0.717) is 39.1 Å². The zero-order chi connectivity index (χ0) is 14.1. The second-order valence-electron chi connectivity index (χ2n) is 4.67.